The number of nitrogens with zero attached hydrogens (tertiary/aromatic N) is 4. The molecule has 1 aliphatic heterocycles. The summed E-state index contributed by atoms with van der Waals surface area (Å²) in [4.78, 5) is 18.2. The Morgan fingerprint density at radius 1 is 1.29 bits per heavy atom. The first-order chi connectivity index (χ1) is 11.7. The summed E-state index contributed by atoms with van der Waals surface area (Å²) in [6, 6.07) is 6.54. The van der Waals surface area contributed by atoms with Crippen LogP contribution in [0, 0.1) is 0 Å². The lowest BCUT2D eigenvalue weighted by Crippen LogP contribution is -2.39. The summed E-state index contributed by atoms with van der Waals surface area (Å²) < 4.78 is 1.99. The van der Waals surface area contributed by atoms with Crippen molar-refractivity contribution in [3.63, 3.8) is 0 Å². The number of amides is 1. The third-order valence-electron chi connectivity index (χ3n) is 4.75. The second-order valence-electron chi connectivity index (χ2n) is 6.43. The van der Waals surface area contributed by atoms with Gasteiger partial charge in [-0.3, -0.25) is 14.4 Å². The molecule has 2 aromatic rings. The van der Waals surface area contributed by atoms with E-state index >= 15 is 0 Å². The second-order valence-corrected chi connectivity index (χ2v) is 7.47. The number of aryl methyl sites for hydroxylation is 1. The molecule has 5 nitrogen and oxygen atoms in total. The van der Waals surface area contributed by atoms with Crippen LogP contribution in [0.3, 0.4) is 0 Å². The smallest absolute Gasteiger partial charge is 0.227 e. The number of hydrogen-bond donors (Lipinski definition) is 0. The largest absolute Gasteiger partial charge is 0.341 e. The Hall–Kier alpha value is -1.66. The van der Waals surface area contributed by atoms with Gasteiger partial charge in [0.1, 0.15) is 0 Å². The summed E-state index contributed by atoms with van der Waals surface area (Å²) in [6.45, 7) is 7.00. The monoisotopic (exact) mass is 346 g/mol. The first kappa shape index (κ1) is 17.2. The van der Waals surface area contributed by atoms with Crippen LogP contribution in [0.15, 0.2) is 36.0 Å². The molecule has 24 heavy (non-hydrogen) atoms. The number of rotatable bonds is 6. The zero-order valence-electron chi connectivity index (χ0n) is 14.3. The third-order valence-corrected chi connectivity index (χ3v) is 5.62. The first-order valence-electron chi connectivity index (χ1n) is 8.74. The molecule has 0 radical (unpaired) electrons. The molecule has 3 rings (SSSR count). The SMILES string of the molecule is CC(CCn1cccn1)N1CCCN(C(=O)Cc2cccs2)CC1. The average molecular weight is 346 g/mol. The zero-order chi connectivity index (χ0) is 16.8. The van der Waals surface area contributed by atoms with Crippen molar-refractivity contribution in [3.05, 3.63) is 40.8 Å². The molecule has 1 unspecified atom stereocenters. The predicted octanol–water partition coefficient (Wildman–Crippen LogP) is 2.50. The standard InChI is InChI=1S/C18H26N4OS/c1-16(6-11-22-10-3-7-19-22)20-8-4-9-21(13-12-20)18(23)15-17-5-2-14-24-17/h2-3,5,7,10,14,16H,4,6,8-9,11-13,15H2,1H3. The molecule has 1 fully saturated rings. The Kier molecular flexibility index (Phi) is 6.04. The van der Waals surface area contributed by atoms with Gasteiger partial charge in [0.25, 0.3) is 0 Å². The summed E-state index contributed by atoms with van der Waals surface area (Å²) in [5.74, 6) is 0.267. The molecule has 0 aliphatic carbocycles. The highest BCUT2D eigenvalue weighted by Gasteiger charge is 2.22. The molecular formula is C18H26N4OS. The van der Waals surface area contributed by atoms with E-state index < -0.39 is 0 Å². The fraction of sp³-hybridized carbons (Fsp3) is 0.556. The second kappa shape index (κ2) is 8.44. The fourth-order valence-corrected chi connectivity index (χ4v) is 3.93. The van der Waals surface area contributed by atoms with Crippen molar-refractivity contribution in [2.45, 2.75) is 38.8 Å². The number of hydrogen-bond acceptors (Lipinski definition) is 4. The quantitative estimate of drug-likeness (QED) is 0.807. The van der Waals surface area contributed by atoms with Crippen molar-refractivity contribution in [1.29, 1.82) is 0 Å². The number of carbonyl (C=O) groups is 1. The van der Waals surface area contributed by atoms with Crippen LogP contribution in [0.25, 0.3) is 0 Å². The van der Waals surface area contributed by atoms with Crippen LogP contribution in [0.1, 0.15) is 24.6 Å². The Balaban J connectivity index is 1.46. The van der Waals surface area contributed by atoms with Crippen molar-refractivity contribution >= 4 is 17.2 Å². The molecule has 1 atom stereocenters. The molecule has 0 spiro atoms. The van der Waals surface area contributed by atoms with E-state index in [0.717, 1.165) is 50.4 Å². The predicted molar refractivity (Wildman–Crippen MR) is 97.1 cm³/mol. The molecule has 6 heteroatoms. The number of thiophene rings is 1. The van der Waals surface area contributed by atoms with Gasteiger partial charge < -0.3 is 4.90 Å². The summed E-state index contributed by atoms with van der Waals surface area (Å²) >= 11 is 1.66. The molecule has 0 bridgehead atoms. The summed E-state index contributed by atoms with van der Waals surface area (Å²) in [6.07, 6.45) is 6.54. The van der Waals surface area contributed by atoms with Gasteiger partial charge >= 0.3 is 0 Å². The maximum Gasteiger partial charge on any atom is 0.227 e. The molecule has 1 saturated heterocycles. The van der Waals surface area contributed by atoms with Crippen LogP contribution in [0.5, 0.6) is 0 Å². The molecule has 1 aliphatic rings. The van der Waals surface area contributed by atoms with Crippen molar-refractivity contribution in [2.24, 2.45) is 0 Å². The lowest BCUT2D eigenvalue weighted by atomic mass is 10.2. The van der Waals surface area contributed by atoms with E-state index in [0.29, 0.717) is 12.5 Å². The topological polar surface area (TPSA) is 41.4 Å². The van der Waals surface area contributed by atoms with Gasteiger partial charge in [0.05, 0.1) is 6.42 Å². The van der Waals surface area contributed by atoms with Crippen LogP contribution in [0.4, 0.5) is 0 Å². The van der Waals surface area contributed by atoms with Gasteiger partial charge in [-0.1, -0.05) is 6.07 Å². The van der Waals surface area contributed by atoms with Crippen molar-refractivity contribution in [1.82, 2.24) is 19.6 Å². The average Bonchev–Trinajstić information content (AvgIpc) is 3.22. The van der Waals surface area contributed by atoms with E-state index in [9.17, 15) is 4.79 Å². The summed E-state index contributed by atoms with van der Waals surface area (Å²) in [5, 5.41) is 6.30. The minimum absolute atomic E-state index is 0.267. The van der Waals surface area contributed by atoms with E-state index in [1.165, 1.54) is 0 Å². The van der Waals surface area contributed by atoms with Gasteiger partial charge in [-0.25, -0.2) is 0 Å². The van der Waals surface area contributed by atoms with Gasteiger partial charge in [0.15, 0.2) is 0 Å². The molecule has 0 aromatic carbocycles. The summed E-state index contributed by atoms with van der Waals surface area (Å²) in [5.41, 5.74) is 0. The molecule has 1 amide bonds. The van der Waals surface area contributed by atoms with Gasteiger partial charge in [-0.2, -0.15) is 5.10 Å². The van der Waals surface area contributed by atoms with Crippen LogP contribution in [-0.4, -0.2) is 57.7 Å². The van der Waals surface area contributed by atoms with Crippen molar-refractivity contribution < 1.29 is 4.79 Å². The van der Waals surface area contributed by atoms with Gasteiger partial charge in [0, 0.05) is 56.0 Å². The highest BCUT2D eigenvalue weighted by Crippen LogP contribution is 2.14. The van der Waals surface area contributed by atoms with Crippen LogP contribution < -0.4 is 0 Å². The van der Waals surface area contributed by atoms with Crippen molar-refractivity contribution in [3.8, 4) is 0 Å². The Bertz CT molecular complexity index is 611. The zero-order valence-corrected chi connectivity index (χ0v) is 15.1. The van der Waals surface area contributed by atoms with E-state index in [4.69, 9.17) is 0 Å². The maximum atomic E-state index is 12.5. The van der Waals surface area contributed by atoms with Crippen molar-refractivity contribution in [2.75, 3.05) is 26.2 Å². The minimum atomic E-state index is 0.267. The van der Waals surface area contributed by atoms with Crippen LogP contribution in [-0.2, 0) is 17.8 Å². The lowest BCUT2D eigenvalue weighted by Gasteiger charge is -2.27. The summed E-state index contributed by atoms with van der Waals surface area (Å²) in [7, 11) is 0. The third kappa shape index (κ3) is 4.68. The van der Waals surface area contributed by atoms with Gasteiger partial charge in [-0.15, -0.1) is 11.3 Å². The first-order valence-corrected chi connectivity index (χ1v) is 9.62. The van der Waals surface area contributed by atoms with E-state index in [2.05, 4.69) is 16.9 Å². The normalized spacial score (nSPS) is 17.6. The molecule has 0 saturated carbocycles. The lowest BCUT2D eigenvalue weighted by molar-refractivity contribution is -0.130. The number of carbonyl (C=O) groups excluding carboxylic acids is 1. The molecule has 0 N–H and O–H groups in total. The van der Waals surface area contributed by atoms with Crippen LogP contribution >= 0.6 is 11.3 Å². The van der Waals surface area contributed by atoms with E-state index in [-0.39, 0.29) is 5.91 Å². The Morgan fingerprint density at radius 3 is 2.96 bits per heavy atom. The van der Waals surface area contributed by atoms with E-state index in [1.54, 1.807) is 11.3 Å². The fourth-order valence-electron chi connectivity index (χ4n) is 3.24. The van der Waals surface area contributed by atoms with Gasteiger partial charge in [0.2, 0.25) is 5.91 Å². The molecule has 130 valence electrons. The van der Waals surface area contributed by atoms with Gasteiger partial charge in [-0.05, 0) is 37.3 Å². The molecular weight excluding hydrogens is 320 g/mol. The van der Waals surface area contributed by atoms with E-state index in [1.807, 2.05) is 45.6 Å². The number of aromatic nitrogens is 2. The Morgan fingerprint density at radius 2 is 2.21 bits per heavy atom. The molecule has 2 aromatic heterocycles. The Labute approximate surface area is 147 Å². The highest BCUT2D eigenvalue weighted by atomic mass is 32.1. The van der Waals surface area contributed by atoms with Crippen LogP contribution in [0.2, 0.25) is 0 Å². The molecule has 3 heterocycles. The maximum absolute atomic E-state index is 12.5. The highest BCUT2D eigenvalue weighted by molar-refractivity contribution is 7.10. The minimum Gasteiger partial charge on any atom is -0.341 e.